The van der Waals surface area contributed by atoms with Crippen molar-refractivity contribution in [3.05, 3.63) is 74.7 Å². The molecule has 2 fully saturated rings. The third kappa shape index (κ3) is 5.00. The third-order valence-corrected chi connectivity index (χ3v) is 8.14. The summed E-state index contributed by atoms with van der Waals surface area (Å²) in [7, 11) is 0. The summed E-state index contributed by atoms with van der Waals surface area (Å²) in [4.78, 5) is 27.7. The van der Waals surface area contributed by atoms with Gasteiger partial charge < -0.3 is 10.3 Å². The molecule has 2 aliphatic rings. The maximum absolute atomic E-state index is 12.9. The number of hydrogen-bond acceptors (Lipinski definition) is 6. The lowest BCUT2D eigenvalue weighted by molar-refractivity contribution is 0.245. The van der Waals surface area contributed by atoms with Gasteiger partial charge in [0.15, 0.2) is 5.82 Å². The number of aromatic nitrogens is 5. The van der Waals surface area contributed by atoms with Gasteiger partial charge in [0.25, 0.3) is 5.56 Å². The molecule has 9 heteroatoms. The van der Waals surface area contributed by atoms with E-state index in [1.807, 2.05) is 38.2 Å². The highest BCUT2D eigenvalue weighted by atomic mass is 35.5. The second-order valence-electron chi connectivity index (χ2n) is 10.5. The number of aryl methyl sites for hydroxylation is 2. The van der Waals surface area contributed by atoms with Crippen LogP contribution in [-0.4, -0.2) is 54.8 Å². The minimum Gasteiger partial charge on any atom is -0.380 e. The summed E-state index contributed by atoms with van der Waals surface area (Å²) in [6.45, 7) is 6.17. The average molecular weight is 518 g/mol. The van der Waals surface area contributed by atoms with Crippen molar-refractivity contribution in [1.29, 1.82) is 0 Å². The molecule has 1 atom stereocenters. The molecule has 4 heterocycles. The largest absolute Gasteiger partial charge is 0.380 e. The van der Waals surface area contributed by atoms with Crippen LogP contribution in [0.4, 0.5) is 5.69 Å². The van der Waals surface area contributed by atoms with E-state index in [2.05, 4.69) is 25.3 Å². The molecule has 3 aromatic heterocycles. The van der Waals surface area contributed by atoms with Crippen LogP contribution < -0.4 is 10.9 Å². The number of nitrogens with one attached hydrogen (secondary N) is 2. The molecule has 192 valence electrons. The van der Waals surface area contributed by atoms with Crippen molar-refractivity contribution in [2.24, 2.45) is 0 Å². The van der Waals surface area contributed by atoms with Gasteiger partial charge in [-0.1, -0.05) is 30.5 Å². The Kier molecular flexibility index (Phi) is 6.46. The quantitative estimate of drug-likeness (QED) is 0.382. The summed E-state index contributed by atoms with van der Waals surface area (Å²) >= 11 is 6.59. The number of pyridine rings is 1. The Hall–Kier alpha value is -3.23. The van der Waals surface area contributed by atoms with E-state index in [1.54, 1.807) is 16.9 Å². The molecule has 2 N–H and O–H groups in total. The molecular formula is C28H32ClN7O. The lowest BCUT2D eigenvalue weighted by Gasteiger charge is -2.24. The summed E-state index contributed by atoms with van der Waals surface area (Å²) in [5.41, 5.74) is 4.36. The molecule has 0 amide bonds. The maximum Gasteiger partial charge on any atom is 0.258 e. The highest BCUT2D eigenvalue weighted by molar-refractivity contribution is 6.34. The maximum atomic E-state index is 12.9. The van der Waals surface area contributed by atoms with E-state index >= 15 is 0 Å². The van der Waals surface area contributed by atoms with Crippen molar-refractivity contribution in [3.8, 4) is 5.82 Å². The Morgan fingerprint density at radius 3 is 2.73 bits per heavy atom. The van der Waals surface area contributed by atoms with Gasteiger partial charge in [0.05, 0.1) is 27.3 Å². The molecule has 0 spiro atoms. The van der Waals surface area contributed by atoms with Crippen LogP contribution in [0.1, 0.15) is 54.7 Å². The van der Waals surface area contributed by atoms with Gasteiger partial charge in [-0.25, -0.2) is 14.6 Å². The molecule has 1 aliphatic heterocycles. The number of nitrogens with zero attached hydrogens (tertiary/aromatic N) is 5. The molecule has 1 saturated heterocycles. The molecule has 0 bridgehead atoms. The Morgan fingerprint density at radius 1 is 1.16 bits per heavy atom. The first-order valence-electron chi connectivity index (χ1n) is 13.1. The molecule has 8 nitrogen and oxygen atoms in total. The second-order valence-corrected chi connectivity index (χ2v) is 10.9. The Bertz CT molecular complexity index is 1470. The summed E-state index contributed by atoms with van der Waals surface area (Å²) in [5, 5.41) is 9.17. The summed E-state index contributed by atoms with van der Waals surface area (Å²) in [6, 6.07) is 8.64. The molecule has 4 aromatic rings. The minimum atomic E-state index is -0.186. The van der Waals surface area contributed by atoms with Gasteiger partial charge in [0.2, 0.25) is 0 Å². The number of hydrogen-bond donors (Lipinski definition) is 2. The first kappa shape index (κ1) is 24.1. The van der Waals surface area contributed by atoms with E-state index in [9.17, 15) is 4.79 Å². The SMILES string of the molecule is Cc1cn(-c2ccc(Cc3nc4cc(N[C@@H]5CCN(C6CCCC6)C5)c(Cl)cc4c(=O)[nH]3)cn2)nc1C. The number of H-pyrrole nitrogens is 1. The van der Waals surface area contributed by atoms with Crippen LogP contribution >= 0.6 is 11.6 Å². The smallest absolute Gasteiger partial charge is 0.258 e. The zero-order valence-electron chi connectivity index (χ0n) is 21.3. The predicted molar refractivity (Wildman–Crippen MR) is 147 cm³/mol. The number of likely N-dealkylation sites (tertiary alicyclic amines) is 1. The highest BCUT2D eigenvalue weighted by Crippen LogP contribution is 2.30. The lowest BCUT2D eigenvalue weighted by Crippen LogP contribution is -2.33. The summed E-state index contributed by atoms with van der Waals surface area (Å²) in [6.07, 6.45) is 10.7. The minimum absolute atomic E-state index is 0.186. The molecular weight excluding hydrogens is 486 g/mol. The van der Waals surface area contributed by atoms with E-state index in [0.717, 1.165) is 53.9 Å². The van der Waals surface area contributed by atoms with Gasteiger partial charge >= 0.3 is 0 Å². The molecule has 1 aliphatic carbocycles. The van der Waals surface area contributed by atoms with Gasteiger partial charge in [0, 0.05) is 44.0 Å². The van der Waals surface area contributed by atoms with E-state index in [-0.39, 0.29) is 5.56 Å². The summed E-state index contributed by atoms with van der Waals surface area (Å²) in [5.74, 6) is 1.35. The number of halogens is 1. The van der Waals surface area contributed by atoms with Crippen LogP contribution in [-0.2, 0) is 6.42 Å². The Balaban J connectivity index is 1.20. The lowest BCUT2D eigenvalue weighted by atomic mass is 10.1. The van der Waals surface area contributed by atoms with Crippen LogP contribution in [0.15, 0.2) is 41.5 Å². The molecule has 1 saturated carbocycles. The van der Waals surface area contributed by atoms with Crippen molar-refractivity contribution in [3.63, 3.8) is 0 Å². The Labute approximate surface area is 221 Å². The predicted octanol–water partition coefficient (Wildman–Crippen LogP) is 4.79. The Morgan fingerprint density at radius 2 is 2.00 bits per heavy atom. The first-order valence-corrected chi connectivity index (χ1v) is 13.5. The molecule has 0 unspecified atom stereocenters. The zero-order chi connectivity index (χ0) is 25.5. The van der Waals surface area contributed by atoms with Gasteiger partial charge in [-0.3, -0.25) is 9.69 Å². The van der Waals surface area contributed by atoms with Gasteiger partial charge in [0.1, 0.15) is 5.82 Å². The van der Waals surface area contributed by atoms with Crippen LogP contribution in [0, 0.1) is 13.8 Å². The van der Waals surface area contributed by atoms with Crippen molar-refractivity contribution in [1.82, 2.24) is 29.6 Å². The van der Waals surface area contributed by atoms with Gasteiger partial charge in [-0.05, 0) is 62.4 Å². The fraction of sp³-hybridized carbons (Fsp3) is 0.429. The number of fused-ring (bicyclic) bond motifs is 1. The van der Waals surface area contributed by atoms with Crippen molar-refractivity contribution in [2.75, 3.05) is 18.4 Å². The molecule has 6 rings (SSSR count). The zero-order valence-corrected chi connectivity index (χ0v) is 22.1. The van der Waals surface area contributed by atoms with Crippen LogP contribution in [0.5, 0.6) is 0 Å². The number of aromatic amines is 1. The second kappa shape index (κ2) is 9.91. The number of anilines is 1. The topological polar surface area (TPSA) is 91.7 Å². The average Bonchev–Trinajstić information content (AvgIpc) is 3.63. The third-order valence-electron chi connectivity index (χ3n) is 7.82. The van der Waals surface area contributed by atoms with Crippen LogP contribution in [0.3, 0.4) is 0 Å². The van der Waals surface area contributed by atoms with Crippen LogP contribution in [0.2, 0.25) is 5.02 Å². The number of benzene rings is 1. The standard InChI is InChI=1S/C28H32ClN7O/c1-17-15-36(34-18(17)2)27-8-7-19(14-30-27)11-26-32-24-13-25(23(29)12-22(24)28(37)33-26)31-20-9-10-35(16-20)21-5-3-4-6-21/h7-8,12-15,20-21,31H,3-6,9-11,16H2,1-2H3,(H,32,33,37)/t20-/m1/s1. The van der Waals surface area contributed by atoms with Crippen molar-refractivity contribution >= 4 is 28.2 Å². The van der Waals surface area contributed by atoms with E-state index in [1.165, 1.54) is 25.7 Å². The van der Waals surface area contributed by atoms with Crippen molar-refractivity contribution in [2.45, 2.75) is 64.5 Å². The van der Waals surface area contributed by atoms with Crippen LogP contribution in [0.25, 0.3) is 16.7 Å². The molecule has 37 heavy (non-hydrogen) atoms. The van der Waals surface area contributed by atoms with Crippen molar-refractivity contribution < 1.29 is 0 Å². The van der Waals surface area contributed by atoms with E-state index in [4.69, 9.17) is 16.6 Å². The fourth-order valence-electron chi connectivity index (χ4n) is 5.64. The highest BCUT2D eigenvalue weighted by Gasteiger charge is 2.30. The monoisotopic (exact) mass is 517 g/mol. The summed E-state index contributed by atoms with van der Waals surface area (Å²) < 4.78 is 1.78. The fourth-order valence-corrected chi connectivity index (χ4v) is 5.86. The molecule has 1 aromatic carbocycles. The van der Waals surface area contributed by atoms with Gasteiger partial charge in [-0.15, -0.1) is 0 Å². The first-order chi connectivity index (χ1) is 17.9. The normalized spacial score (nSPS) is 18.7. The van der Waals surface area contributed by atoms with E-state index < -0.39 is 0 Å². The molecule has 0 radical (unpaired) electrons. The van der Waals surface area contributed by atoms with Gasteiger partial charge in [-0.2, -0.15) is 5.10 Å². The number of rotatable bonds is 6. The van der Waals surface area contributed by atoms with E-state index in [0.29, 0.717) is 34.2 Å².